The Labute approximate surface area is 157 Å². The van der Waals surface area contributed by atoms with Gasteiger partial charge in [-0.05, 0) is 42.7 Å². The zero-order chi connectivity index (χ0) is 18.8. The van der Waals surface area contributed by atoms with E-state index in [-0.39, 0.29) is 36.0 Å². The third-order valence-electron chi connectivity index (χ3n) is 5.03. The molecule has 1 aliphatic heterocycles. The number of fused-ring (bicyclic) bond motifs is 1. The Hall–Kier alpha value is -3.21. The van der Waals surface area contributed by atoms with Gasteiger partial charge in [-0.3, -0.25) is 19.3 Å². The molecule has 2 aromatic carbocycles. The number of carbonyl (C=O) groups excluding carboxylic acids is 3. The lowest BCUT2D eigenvalue weighted by atomic mass is 9.85. The maximum absolute atomic E-state index is 12.6. The van der Waals surface area contributed by atoms with Crippen LogP contribution in [0.2, 0.25) is 0 Å². The van der Waals surface area contributed by atoms with E-state index < -0.39 is 0 Å². The van der Waals surface area contributed by atoms with Crippen LogP contribution >= 0.6 is 0 Å². The number of rotatable bonds is 4. The monoisotopic (exact) mass is 361 g/mol. The summed E-state index contributed by atoms with van der Waals surface area (Å²) in [5.74, 6) is -0.791. The van der Waals surface area contributed by atoms with Gasteiger partial charge in [0, 0.05) is 0 Å². The second kappa shape index (κ2) is 7.19. The Bertz CT molecular complexity index is 876. The number of allylic oxidation sites excluding steroid dienone is 2. The molecular weight excluding hydrogens is 342 g/mol. The molecule has 27 heavy (non-hydrogen) atoms. The molecule has 0 bridgehead atoms. The van der Waals surface area contributed by atoms with Crippen LogP contribution in [0.1, 0.15) is 18.4 Å². The molecule has 0 N–H and O–H groups in total. The fraction of sp³-hybridized carbons (Fsp3) is 0.227. The van der Waals surface area contributed by atoms with E-state index in [1.54, 1.807) is 24.3 Å². The first-order valence-electron chi connectivity index (χ1n) is 9.01. The van der Waals surface area contributed by atoms with Crippen LogP contribution in [0.3, 0.4) is 0 Å². The van der Waals surface area contributed by atoms with E-state index >= 15 is 0 Å². The van der Waals surface area contributed by atoms with Crippen LogP contribution in [-0.2, 0) is 20.8 Å². The van der Waals surface area contributed by atoms with E-state index in [4.69, 9.17) is 4.74 Å². The first-order chi connectivity index (χ1) is 13.1. The zero-order valence-corrected chi connectivity index (χ0v) is 14.7. The van der Waals surface area contributed by atoms with Crippen LogP contribution < -0.4 is 9.64 Å². The number of hydrogen-bond donors (Lipinski definition) is 0. The number of carbonyl (C=O) groups is 3. The molecule has 136 valence electrons. The van der Waals surface area contributed by atoms with Crippen molar-refractivity contribution in [1.29, 1.82) is 0 Å². The van der Waals surface area contributed by atoms with Gasteiger partial charge in [0.05, 0.1) is 23.9 Å². The van der Waals surface area contributed by atoms with Gasteiger partial charge in [-0.25, -0.2) is 0 Å². The standard InChI is InChI=1S/C22H19NO4/c24-20(14-15-6-2-1-3-7-15)27-17-12-10-16(11-13-17)23-21(25)18-8-4-5-9-19(18)22(23)26/h1-7,10-13,18-19H,8-9,14H2/t18-,19-/m0/s1. The van der Waals surface area contributed by atoms with Gasteiger partial charge in [0.15, 0.2) is 0 Å². The molecule has 1 aliphatic carbocycles. The summed E-state index contributed by atoms with van der Waals surface area (Å²) in [5.41, 5.74) is 1.39. The minimum Gasteiger partial charge on any atom is -0.426 e. The molecule has 1 heterocycles. The molecule has 2 atom stereocenters. The van der Waals surface area contributed by atoms with Gasteiger partial charge >= 0.3 is 5.97 Å². The number of nitrogens with zero attached hydrogens (tertiary/aromatic N) is 1. The Kier molecular flexibility index (Phi) is 4.59. The Morgan fingerprint density at radius 1 is 0.889 bits per heavy atom. The quantitative estimate of drug-likeness (QED) is 0.363. The van der Waals surface area contributed by atoms with Gasteiger partial charge < -0.3 is 4.74 Å². The van der Waals surface area contributed by atoms with Crippen molar-refractivity contribution in [3.8, 4) is 5.75 Å². The molecule has 1 fully saturated rings. The molecule has 5 heteroatoms. The molecule has 1 saturated heterocycles. The third kappa shape index (κ3) is 3.40. The number of anilines is 1. The lowest BCUT2D eigenvalue weighted by molar-refractivity contribution is -0.133. The first-order valence-corrected chi connectivity index (χ1v) is 9.01. The van der Waals surface area contributed by atoms with E-state index in [0.29, 0.717) is 24.3 Å². The molecular formula is C22H19NO4. The fourth-order valence-electron chi connectivity index (χ4n) is 3.65. The second-order valence-electron chi connectivity index (χ2n) is 6.80. The van der Waals surface area contributed by atoms with Crippen LogP contribution in [-0.4, -0.2) is 17.8 Å². The number of ether oxygens (including phenoxy) is 1. The Morgan fingerprint density at radius 2 is 1.48 bits per heavy atom. The lowest BCUT2D eigenvalue weighted by Crippen LogP contribution is -2.30. The topological polar surface area (TPSA) is 63.7 Å². The summed E-state index contributed by atoms with van der Waals surface area (Å²) in [6, 6.07) is 15.9. The predicted octanol–water partition coefficient (Wildman–Crippen LogP) is 3.29. The molecule has 0 spiro atoms. The van der Waals surface area contributed by atoms with Crippen molar-refractivity contribution in [2.75, 3.05) is 4.90 Å². The van der Waals surface area contributed by atoms with Gasteiger partial charge in [-0.2, -0.15) is 0 Å². The summed E-state index contributed by atoms with van der Waals surface area (Å²) in [5, 5.41) is 0. The largest absolute Gasteiger partial charge is 0.426 e. The van der Waals surface area contributed by atoms with Crippen LogP contribution in [0.5, 0.6) is 5.75 Å². The summed E-state index contributed by atoms with van der Waals surface area (Å²) in [6.45, 7) is 0. The van der Waals surface area contributed by atoms with Gasteiger partial charge in [0.25, 0.3) is 0 Å². The zero-order valence-electron chi connectivity index (χ0n) is 14.7. The van der Waals surface area contributed by atoms with Crippen LogP contribution in [0.25, 0.3) is 0 Å². The molecule has 0 aromatic heterocycles. The average Bonchev–Trinajstić information content (AvgIpc) is 2.94. The van der Waals surface area contributed by atoms with Gasteiger partial charge in [0.2, 0.25) is 11.8 Å². The van der Waals surface area contributed by atoms with Crippen molar-refractivity contribution in [1.82, 2.24) is 0 Å². The van der Waals surface area contributed by atoms with Crippen LogP contribution in [0.15, 0.2) is 66.7 Å². The number of benzene rings is 2. The molecule has 2 amide bonds. The number of hydrogen-bond acceptors (Lipinski definition) is 4. The van der Waals surface area contributed by atoms with Crippen LogP contribution in [0.4, 0.5) is 5.69 Å². The maximum atomic E-state index is 12.6. The fourth-order valence-corrected chi connectivity index (χ4v) is 3.65. The highest BCUT2D eigenvalue weighted by atomic mass is 16.5. The van der Waals surface area contributed by atoms with Crippen molar-refractivity contribution in [3.05, 3.63) is 72.3 Å². The third-order valence-corrected chi connectivity index (χ3v) is 5.03. The SMILES string of the molecule is O=C(Cc1ccccc1)Oc1ccc(N2C(=O)[C@H]3CC=CC[C@@H]3C2=O)cc1. The summed E-state index contributed by atoms with van der Waals surface area (Å²) < 4.78 is 5.35. The van der Waals surface area contributed by atoms with E-state index in [9.17, 15) is 14.4 Å². The summed E-state index contributed by atoms with van der Waals surface area (Å²) in [7, 11) is 0. The van der Waals surface area contributed by atoms with E-state index in [1.807, 2.05) is 42.5 Å². The normalized spacial score (nSPS) is 21.3. The van der Waals surface area contributed by atoms with E-state index in [0.717, 1.165) is 5.56 Å². The summed E-state index contributed by atoms with van der Waals surface area (Å²) in [6.07, 6.45) is 5.33. The molecule has 2 aromatic rings. The minimum absolute atomic E-state index is 0.150. The molecule has 0 saturated carbocycles. The van der Waals surface area contributed by atoms with Gasteiger partial charge in [-0.1, -0.05) is 42.5 Å². The highest BCUT2D eigenvalue weighted by Crippen LogP contribution is 2.37. The van der Waals surface area contributed by atoms with Crippen molar-refractivity contribution in [2.45, 2.75) is 19.3 Å². The van der Waals surface area contributed by atoms with Crippen LogP contribution in [0, 0.1) is 11.8 Å². The predicted molar refractivity (Wildman–Crippen MR) is 100 cm³/mol. The number of esters is 1. The second-order valence-corrected chi connectivity index (χ2v) is 6.80. The van der Waals surface area contributed by atoms with Crippen molar-refractivity contribution < 1.29 is 19.1 Å². The van der Waals surface area contributed by atoms with Crippen molar-refractivity contribution in [3.63, 3.8) is 0 Å². The lowest BCUT2D eigenvalue weighted by Gasteiger charge is -2.15. The van der Waals surface area contributed by atoms with Crippen molar-refractivity contribution >= 4 is 23.5 Å². The van der Waals surface area contributed by atoms with Gasteiger partial charge in [0.1, 0.15) is 5.75 Å². The highest BCUT2D eigenvalue weighted by molar-refractivity contribution is 6.22. The first kappa shape index (κ1) is 17.2. The summed E-state index contributed by atoms with van der Waals surface area (Å²) >= 11 is 0. The van der Waals surface area contributed by atoms with E-state index in [2.05, 4.69) is 0 Å². The minimum atomic E-state index is -0.362. The molecule has 2 aliphatic rings. The highest BCUT2D eigenvalue weighted by Gasteiger charge is 2.47. The summed E-state index contributed by atoms with van der Waals surface area (Å²) in [4.78, 5) is 38.5. The van der Waals surface area contributed by atoms with Crippen molar-refractivity contribution in [2.24, 2.45) is 11.8 Å². The number of imide groups is 1. The Morgan fingerprint density at radius 3 is 2.07 bits per heavy atom. The maximum Gasteiger partial charge on any atom is 0.315 e. The van der Waals surface area contributed by atoms with Gasteiger partial charge in [-0.15, -0.1) is 0 Å². The Balaban J connectivity index is 1.44. The van der Waals surface area contributed by atoms with E-state index in [1.165, 1.54) is 4.90 Å². The average molecular weight is 361 g/mol. The molecule has 0 unspecified atom stereocenters. The smallest absolute Gasteiger partial charge is 0.315 e. The number of amides is 2. The molecule has 0 radical (unpaired) electrons. The molecule has 4 rings (SSSR count). The molecule has 5 nitrogen and oxygen atoms in total.